The molecule has 0 radical (unpaired) electrons. The largest absolute Gasteiger partial charge is 0.368 e. The van der Waals surface area contributed by atoms with Crippen molar-refractivity contribution in [1.29, 1.82) is 5.26 Å². The fourth-order valence-corrected chi connectivity index (χ4v) is 4.45. The maximum atomic E-state index is 12.7. The Hall–Kier alpha value is -3.48. The fourth-order valence-electron chi connectivity index (χ4n) is 3.19. The summed E-state index contributed by atoms with van der Waals surface area (Å²) in [5.41, 5.74) is 2.08. The average molecular weight is 452 g/mol. The molecule has 0 fully saturated rings. The highest BCUT2D eigenvalue weighted by molar-refractivity contribution is 7.89. The van der Waals surface area contributed by atoms with E-state index in [1.165, 1.54) is 31.3 Å². The van der Waals surface area contributed by atoms with Gasteiger partial charge in [-0.25, -0.2) is 8.42 Å². The van der Waals surface area contributed by atoms with Gasteiger partial charge in [-0.1, -0.05) is 42.5 Å². The molecular weight excluding hydrogens is 426 g/mol. The van der Waals surface area contributed by atoms with E-state index >= 15 is 0 Å². The maximum Gasteiger partial charge on any atom is 0.246 e. The summed E-state index contributed by atoms with van der Waals surface area (Å²) in [6.45, 7) is 2.06. The van der Waals surface area contributed by atoms with Crippen molar-refractivity contribution in [2.24, 2.45) is 4.99 Å². The summed E-state index contributed by atoms with van der Waals surface area (Å²) in [5.74, 6) is 0.652. The third kappa shape index (κ3) is 5.41. The number of aliphatic imine (C=N–C) groups is 1. The van der Waals surface area contributed by atoms with Gasteiger partial charge in [0.2, 0.25) is 15.9 Å². The molecule has 0 spiro atoms. The molecule has 0 saturated carbocycles. The van der Waals surface area contributed by atoms with Gasteiger partial charge in [0.15, 0.2) is 0 Å². The molecule has 0 aliphatic carbocycles. The highest BCUT2D eigenvalue weighted by Crippen LogP contribution is 2.18. The number of sulfonamides is 1. The molecule has 8 nitrogen and oxygen atoms in total. The summed E-state index contributed by atoms with van der Waals surface area (Å²) < 4.78 is 26.5. The number of likely N-dealkylation sites (N-methyl/N-ethyl adjacent to an activating group) is 2. The number of nitriles is 1. The van der Waals surface area contributed by atoms with E-state index in [9.17, 15) is 13.2 Å². The summed E-state index contributed by atoms with van der Waals surface area (Å²) >= 11 is 0. The Labute approximate surface area is 188 Å². The van der Waals surface area contributed by atoms with Crippen molar-refractivity contribution in [2.45, 2.75) is 11.4 Å². The molecule has 1 aliphatic rings. The number of rotatable bonds is 8. The second kappa shape index (κ2) is 10.2. The van der Waals surface area contributed by atoms with Crippen LogP contribution >= 0.6 is 0 Å². The van der Waals surface area contributed by atoms with Crippen molar-refractivity contribution in [3.8, 4) is 6.07 Å². The summed E-state index contributed by atoms with van der Waals surface area (Å²) in [4.78, 5) is 18.3. The van der Waals surface area contributed by atoms with Crippen molar-refractivity contribution >= 4 is 21.8 Å². The fraction of sp³-hybridized carbons (Fsp3) is 0.261. The summed E-state index contributed by atoms with van der Waals surface area (Å²) in [6, 6.07) is 15.8. The van der Waals surface area contributed by atoms with Gasteiger partial charge in [0.25, 0.3) is 0 Å². The van der Waals surface area contributed by atoms with Crippen LogP contribution < -0.4 is 5.32 Å². The smallest absolute Gasteiger partial charge is 0.246 e. The number of nitrogens with zero attached hydrogens (tertiary/aromatic N) is 4. The minimum atomic E-state index is -3.84. The lowest BCUT2D eigenvalue weighted by Crippen LogP contribution is -2.28. The number of amidine groups is 1. The molecule has 1 aliphatic heterocycles. The van der Waals surface area contributed by atoms with Gasteiger partial charge in [-0.2, -0.15) is 9.57 Å². The lowest BCUT2D eigenvalue weighted by atomic mass is 10.1. The lowest BCUT2D eigenvalue weighted by Gasteiger charge is -2.17. The third-order valence-corrected chi connectivity index (χ3v) is 6.90. The van der Waals surface area contributed by atoms with E-state index in [1.54, 1.807) is 24.1 Å². The molecule has 1 amide bonds. The Morgan fingerprint density at radius 3 is 2.56 bits per heavy atom. The van der Waals surface area contributed by atoms with Gasteiger partial charge in [-0.15, -0.1) is 0 Å². The molecule has 9 heteroatoms. The molecule has 0 atom stereocenters. The first-order valence-electron chi connectivity index (χ1n) is 10.1. The Kier molecular flexibility index (Phi) is 7.41. The Bertz CT molecular complexity index is 1180. The van der Waals surface area contributed by atoms with E-state index in [4.69, 9.17) is 5.26 Å². The Balaban J connectivity index is 1.57. The first kappa shape index (κ1) is 23.2. The normalized spacial score (nSPS) is 13.6. The molecule has 0 unspecified atom stereocenters. The van der Waals surface area contributed by atoms with Crippen LogP contribution in [0.15, 0.2) is 70.6 Å². The molecule has 2 aromatic carbocycles. The molecule has 0 saturated heterocycles. The van der Waals surface area contributed by atoms with Crippen molar-refractivity contribution in [3.63, 3.8) is 0 Å². The van der Waals surface area contributed by atoms with E-state index in [0.717, 1.165) is 34.4 Å². The van der Waals surface area contributed by atoms with Crippen LogP contribution in [0, 0.1) is 11.3 Å². The molecular formula is C23H25N5O3S. The third-order valence-electron chi connectivity index (χ3n) is 5.02. The number of hydrogen-bond acceptors (Lipinski definition) is 6. The zero-order valence-electron chi connectivity index (χ0n) is 18.0. The van der Waals surface area contributed by atoms with Crippen molar-refractivity contribution < 1.29 is 13.2 Å². The monoisotopic (exact) mass is 451 g/mol. The van der Waals surface area contributed by atoms with Gasteiger partial charge < -0.3 is 10.2 Å². The van der Waals surface area contributed by atoms with Crippen LogP contribution in [0.25, 0.3) is 0 Å². The van der Waals surface area contributed by atoms with Crippen LogP contribution in [-0.2, 0) is 21.4 Å². The maximum absolute atomic E-state index is 12.7. The quantitative estimate of drug-likeness (QED) is 0.616. The first-order valence-corrected chi connectivity index (χ1v) is 11.5. The van der Waals surface area contributed by atoms with Gasteiger partial charge in [0.05, 0.1) is 17.0 Å². The van der Waals surface area contributed by atoms with Gasteiger partial charge in [-0.05, 0) is 17.7 Å². The zero-order chi connectivity index (χ0) is 23.1. The molecule has 0 aromatic heterocycles. The number of benzene rings is 2. The van der Waals surface area contributed by atoms with E-state index in [0.29, 0.717) is 6.54 Å². The predicted molar refractivity (Wildman–Crippen MR) is 122 cm³/mol. The summed E-state index contributed by atoms with van der Waals surface area (Å²) in [7, 11) is -0.743. The summed E-state index contributed by atoms with van der Waals surface area (Å²) in [6.07, 6.45) is 2.85. The molecule has 1 heterocycles. The Morgan fingerprint density at radius 2 is 1.91 bits per heavy atom. The van der Waals surface area contributed by atoms with Crippen LogP contribution in [0.1, 0.15) is 16.7 Å². The van der Waals surface area contributed by atoms with Crippen LogP contribution in [-0.4, -0.2) is 63.1 Å². The van der Waals surface area contributed by atoms with Crippen LogP contribution in [0.5, 0.6) is 0 Å². The SMILES string of the molecule is CN(Cc1ccc(C2=NCCN2)cc1)C(=O)C=CCN(C)S(=O)(=O)c1ccccc1C#N. The highest BCUT2D eigenvalue weighted by atomic mass is 32.2. The van der Waals surface area contributed by atoms with Gasteiger partial charge in [0.1, 0.15) is 11.9 Å². The summed E-state index contributed by atoms with van der Waals surface area (Å²) in [5, 5.41) is 12.4. The minimum absolute atomic E-state index is 0.00544. The van der Waals surface area contributed by atoms with E-state index in [2.05, 4.69) is 10.3 Å². The van der Waals surface area contributed by atoms with Crippen LogP contribution in [0.3, 0.4) is 0 Å². The number of amides is 1. The lowest BCUT2D eigenvalue weighted by molar-refractivity contribution is -0.125. The van der Waals surface area contributed by atoms with Gasteiger partial charge in [-0.3, -0.25) is 9.79 Å². The van der Waals surface area contributed by atoms with Crippen molar-refractivity contribution in [3.05, 3.63) is 77.4 Å². The van der Waals surface area contributed by atoms with Gasteiger partial charge >= 0.3 is 0 Å². The zero-order valence-corrected chi connectivity index (χ0v) is 18.8. The number of carbonyl (C=O) groups excluding carboxylic acids is 1. The number of hydrogen-bond donors (Lipinski definition) is 1. The van der Waals surface area contributed by atoms with Crippen LogP contribution in [0.2, 0.25) is 0 Å². The van der Waals surface area contributed by atoms with E-state index in [-0.39, 0.29) is 22.9 Å². The highest BCUT2D eigenvalue weighted by Gasteiger charge is 2.23. The standard InChI is InChI=1S/C23H25N5O3S/c1-27(17-18-9-11-19(12-10-18)23-25-13-14-26-23)22(29)8-5-15-28(2)32(30,31)21-7-4-3-6-20(21)16-24/h3-12H,13-15,17H2,1-2H3,(H,25,26). The van der Waals surface area contributed by atoms with Crippen molar-refractivity contribution in [2.75, 3.05) is 33.7 Å². The Morgan fingerprint density at radius 1 is 1.19 bits per heavy atom. The molecule has 3 rings (SSSR count). The molecule has 0 bridgehead atoms. The number of nitrogens with one attached hydrogen (secondary N) is 1. The predicted octanol–water partition coefficient (Wildman–Crippen LogP) is 1.74. The topological polar surface area (TPSA) is 106 Å². The number of carbonyl (C=O) groups is 1. The second-order valence-corrected chi connectivity index (χ2v) is 9.36. The molecule has 2 aromatic rings. The molecule has 32 heavy (non-hydrogen) atoms. The van der Waals surface area contributed by atoms with E-state index < -0.39 is 10.0 Å². The second-order valence-electron chi connectivity index (χ2n) is 7.34. The molecule has 1 N–H and O–H groups in total. The van der Waals surface area contributed by atoms with Crippen LogP contribution in [0.4, 0.5) is 0 Å². The molecule has 166 valence electrons. The first-order chi connectivity index (χ1) is 15.3. The van der Waals surface area contributed by atoms with E-state index in [1.807, 2.05) is 30.3 Å². The van der Waals surface area contributed by atoms with Gasteiger partial charge in [0, 0.05) is 45.4 Å². The minimum Gasteiger partial charge on any atom is -0.368 e. The van der Waals surface area contributed by atoms with Crippen molar-refractivity contribution in [1.82, 2.24) is 14.5 Å². The average Bonchev–Trinajstić information content (AvgIpc) is 3.34.